The first-order valence-corrected chi connectivity index (χ1v) is 8.79. The molecule has 0 fully saturated rings. The molecule has 0 saturated heterocycles. The molecule has 0 aliphatic carbocycles. The van der Waals surface area contributed by atoms with Crippen LogP contribution < -0.4 is 5.32 Å². The fourth-order valence-corrected chi connectivity index (χ4v) is 3.56. The molecule has 0 aliphatic heterocycles. The van der Waals surface area contributed by atoms with Gasteiger partial charge in [-0.15, -0.1) is 11.3 Å². The van der Waals surface area contributed by atoms with Gasteiger partial charge < -0.3 is 5.32 Å². The number of nitrogens with zero attached hydrogens (tertiary/aromatic N) is 2. The van der Waals surface area contributed by atoms with Gasteiger partial charge in [0.2, 0.25) is 0 Å². The number of nitrogens with one attached hydrogen (secondary N) is 1. The molecule has 0 saturated carbocycles. The highest BCUT2D eigenvalue weighted by Gasteiger charge is 2.13. The number of aromatic nitrogens is 2. The first kappa shape index (κ1) is 16.7. The van der Waals surface area contributed by atoms with Gasteiger partial charge in [-0.2, -0.15) is 0 Å². The van der Waals surface area contributed by atoms with Gasteiger partial charge in [0, 0.05) is 29.2 Å². The normalized spacial score (nSPS) is 12.3. The Kier molecular flexibility index (Phi) is 5.02. The zero-order chi connectivity index (χ0) is 17.1. The molecule has 0 amide bonds. The summed E-state index contributed by atoms with van der Waals surface area (Å²) in [6, 6.07) is 11.0. The Morgan fingerprint density at radius 2 is 1.96 bits per heavy atom. The van der Waals surface area contributed by atoms with E-state index in [1.807, 2.05) is 18.4 Å². The van der Waals surface area contributed by atoms with E-state index in [0.717, 1.165) is 17.1 Å². The lowest BCUT2D eigenvalue weighted by Gasteiger charge is -2.12. The van der Waals surface area contributed by atoms with Crippen molar-refractivity contribution in [1.82, 2.24) is 15.3 Å². The summed E-state index contributed by atoms with van der Waals surface area (Å²) < 4.78 is 13.9. The molecule has 0 spiro atoms. The quantitative estimate of drug-likeness (QED) is 0.723. The zero-order valence-corrected chi connectivity index (χ0v) is 14.8. The Labute approximate surface area is 145 Å². The number of thiazole rings is 1. The van der Waals surface area contributed by atoms with E-state index in [0.29, 0.717) is 17.1 Å². The number of benzene rings is 1. The van der Waals surface area contributed by atoms with Crippen molar-refractivity contribution in [3.63, 3.8) is 0 Å². The number of hydrogen-bond donors (Lipinski definition) is 1. The van der Waals surface area contributed by atoms with Crippen LogP contribution in [0.3, 0.4) is 0 Å². The van der Waals surface area contributed by atoms with Gasteiger partial charge in [-0.05, 0) is 50.6 Å². The molecule has 24 heavy (non-hydrogen) atoms. The monoisotopic (exact) mass is 341 g/mol. The SMILES string of the molecule is Cc1cc(C)nc(CNC(C)c2csc(-c3ccccc3F)n2)c1. The van der Waals surface area contributed by atoms with Crippen LogP contribution in [0.2, 0.25) is 0 Å². The molecule has 0 aliphatic rings. The first-order chi connectivity index (χ1) is 11.5. The molecule has 0 radical (unpaired) electrons. The molecular weight excluding hydrogens is 321 g/mol. The predicted octanol–water partition coefficient (Wildman–Crippen LogP) is 4.81. The summed E-state index contributed by atoms with van der Waals surface area (Å²) in [5.41, 5.74) is 4.72. The summed E-state index contributed by atoms with van der Waals surface area (Å²) in [5.74, 6) is -0.238. The van der Waals surface area contributed by atoms with Gasteiger partial charge in [0.1, 0.15) is 10.8 Å². The van der Waals surface area contributed by atoms with Crippen LogP contribution in [0, 0.1) is 19.7 Å². The van der Waals surface area contributed by atoms with Crippen molar-refractivity contribution in [3.05, 3.63) is 70.2 Å². The highest BCUT2D eigenvalue weighted by atomic mass is 32.1. The van der Waals surface area contributed by atoms with Crippen LogP contribution in [-0.2, 0) is 6.54 Å². The second-order valence-corrected chi connectivity index (χ2v) is 6.80. The van der Waals surface area contributed by atoms with Crippen LogP contribution in [0.1, 0.15) is 35.6 Å². The fraction of sp³-hybridized carbons (Fsp3) is 0.263. The molecule has 1 N–H and O–H groups in total. The van der Waals surface area contributed by atoms with Crippen molar-refractivity contribution in [3.8, 4) is 10.6 Å². The standard InChI is InChI=1S/C19H20FN3S/c1-12-8-13(2)22-15(9-12)10-21-14(3)18-11-24-19(23-18)16-6-4-5-7-17(16)20/h4-9,11,14,21H,10H2,1-3H3. The molecule has 124 valence electrons. The third-order valence-electron chi connectivity index (χ3n) is 3.81. The van der Waals surface area contributed by atoms with E-state index in [1.54, 1.807) is 12.1 Å². The predicted molar refractivity (Wildman–Crippen MR) is 96.5 cm³/mol. The zero-order valence-electron chi connectivity index (χ0n) is 14.0. The third kappa shape index (κ3) is 3.86. The fourth-order valence-electron chi connectivity index (χ4n) is 2.62. The Morgan fingerprint density at radius 3 is 2.71 bits per heavy atom. The average molecular weight is 341 g/mol. The van der Waals surface area contributed by atoms with Gasteiger partial charge in [-0.3, -0.25) is 4.98 Å². The number of pyridine rings is 1. The minimum atomic E-state index is -0.238. The largest absolute Gasteiger partial charge is 0.303 e. The molecule has 3 nitrogen and oxygen atoms in total. The maximum absolute atomic E-state index is 13.9. The topological polar surface area (TPSA) is 37.8 Å². The lowest BCUT2D eigenvalue weighted by Crippen LogP contribution is -2.19. The Hall–Kier alpha value is -2.11. The van der Waals surface area contributed by atoms with E-state index in [-0.39, 0.29) is 11.9 Å². The average Bonchev–Trinajstić information content (AvgIpc) is 3.02. The van der Waals surface area contributed by atoms with E-state index in [1.165, 1.54) is 23.0 Å². The molecule has 5 heteroatoms. The molecule has 1 aromatic carbocycles. The van der Waals surface area contributed by atoms with Gasteiger partial charge in [0.15, 0.2) is 0 Å². The summed E-state index contributed by atoms with van der Waals surface area (Å²) >= 11 is 1.46. The number of halogens is 1. The molecule has 1 atom stereocenters. The minimum absolute atomic E-state index is 0.0735. The van der Waals surface area contributed by atoms with E-state index in [4.69, 9.17) is 0 Å². The van der Waals surface area contributed by atoms with Crippen molar-refractivity contribution in [2.75, 3.05) is 0 Å². The van der Waals surface area contributed by atoms with E-state index in [9.17, 15) is 4.39 Å². The van der Waals surface area contributed by atoms with Crippen LogP contribution in [0.15, 0.2) is 41.8 Å². The maximum Gasteiger partial charge on any atom is 0.133 e. The van der Waals surface area contributed by atoms with Gasteiger partial charge in [-0.1, -0.05) is 12.1 Å². The first-order valence-electron chi connectivity index (χ1n) is 7.91. The number of aryl methyl sites for hydroxylation is 2. The summed E-state index contributed by atoms with van der Waals surface area (Å²) in [7, 11) is 0. The highest BCUT2D eigenvalue weighted by molar-refractivity contribution is 7.13. The molecule has 0 bridgehead atoms. The molecular formula is C19H20FN3S. The molecule has 2 heterocycles. The van der Waals surface area contributed by atoms with Crippen LogP contribution in [-0.4, -0.2) is 9.97 Å². The van der Waals surface area contributed by atoms with Crippen molar-refractivity contribution in [2.45, 2.75) is 33.4 Å². The van der Waals surface area contributed by atoms with E-state index >= 15 is 0 Å². The summed E-state index contributed by atoms with van der Waals surface area (Å²) in [6.45, 7) is 6.81. The van der Waals surface area contributed by atoms with Crippen molar-refractivity contribution < 1.29 is 4.39 Å². The van der Waals surface area contributed by atoms with Crippen molar-refractivity contribution >= 4 is 11.3 Å². The van der Waals surface area contributed by atoms with Crippen LogP contribution >= 0.6 is 11.3 Å². The third-order valence-corrected chi connectivity index (χ3v) is 4.70. The number of hydrogen-bond acceptors (Lipinski definition) is 4. The van der Waals surface area contributed by atoms with Crippen molar-refractivity contribution in [1.29, 1.82) is 0 Å². The van der Waals surface area contributed by atoms with Gasteiger partial charge >= 0.3 is 0 Å². The highest BCUT2D eigenvalue weighted by Crippen LogP contribution is 2.28. The Balaban J connectivity index is 1.70. The molecule has 1 unspecified atom stereocenters. The Morgan fingerprint density at radius 1 is 1.17 bits per heavy atom. The smallest absolute Gasteiger partial charge is 0.133 e. The van der Waals surface area contributed by atoms with Crippen LogP contribution in [0.25, 0.3) is 10.6 Å². The number of rotatable bonds is 5. The lowest BCUT2D eigenvalue weighted by atomic mass is 10.2. The minimum Gasteiger partial charge on any atom is -0.303 e. The Bertz CT molecular complexity index is 824. The van der Waals surface area contributed by atoms with E-state index in [2.05, 4.69) is 41.3 Å². The molecule has 3 rings (SSSR count). The summed E-state index contributed by atoms with van der Waals surface area (Å²) in [5, 5.41) is 6.13. The van der Waals surface area contributed by atoms with Gasteiger partial charge in [-0.25, -0.2) is 9.37 Å². The summed E-state index contributed by atoms with van der Waals surface area (Å²) in [6.07, 6.45) is 0. The molecule has 2 aromatic heterocycles. The molecule has 3 aromatic rings. The van der Waals surface area contributed by atoms with E-state index < -0.39 is 0 Å². The van der Waals surface area contributed by atoms with Crippen LogP contribution in [0.5, 0.6) is 0 Å². The van der Waals surface area contributed by atoms with Gasteiger partial charge in [0.25, 0.3) is 0 Å². The second-order valence-electron chi connectivity index (χ2n) is 5.94. The second kappa shape index (κ2) is 7.20. The van der Waals surface area contributed by atoms with Crippen molar-refractivity contribution in [2.24, 2.45) is 0 Å². The maximum atomic E-state index is 13.9. The van der Waals surface area contributed by atoms with Crippen LogP contribution in [0.4, 0.5) is 4.39 Å². The van der Waals surface area contributed by atoms with Gasteiger partial charge in [0.05, 0.1) is 11.4 Å². The summed E-state index contributed by atoms with van der Waals surface area (Å²) in [4.78, 5) is 9.12. The lowest BCUT2D eigenvalue weighted by molar-refractivity contribution is 0.557.